The summed E-state index contributed by atoms with van der Waals surface area (Å²) in [7, 11) is 1.18. The van der Waals surface area contributed by atoms with Crippen molar-refractivity contribution in [2.24, 2.45) is 0 Å². The van der Waals surface area contributed by atoms with Gasteiger partial charge >= 0.3 is 5.97 Å². The number of esters is 1. The Bertz CT molecular complexity index is 684. The predicted molar refractivity (Wildman–Crippen MR) is 79.8 cm³/mol. The van der Waals surface area contributed by atoms with Gasteiger partial charge in [-0.25, -0.2) is 13.6 Å². The Morgan fingerprint density at radius 2 is 1.65 bits per heavy atom. The van der Waals surface area contributed by atoms with Crippen molar-refractivity contribution in [1.29, 1.82) is 0 Å². The van der Waals surface area contributed by atoms with E-state index in [0.29, 0.717) is 0 Å². The maximum Gasteiger partial charge on any atom is 0.328 e. The molecule has 6 heteroatoms. The highest BCUT2D eigenvalue weighted by atomic mass is 19.1. The van der Waals surface area contributed by atoms with Crippen LogP contribution in [0.4, 0.5) is 8.78 Å². The fourth-order valence-corrected chi connectivity index (χ4v) is 2.13. The molecule has 1 amide bonds. The third kappa shape index (κ3) is 4.12. The van der Waals surface area contributed by atoms with Gasteiger partial charge in [-0.1, -0.05) is 36.4 Å². The summed E-state index contributed by atoms with van der Waals surface area (Å²) in [4.78, 5) is 23.9. The second kappa shape index (κ2) is 7.49. The van der Waals surface area contributed by atoms with E-state index < -0.39 is 35.1 Å². The van der Waals surface area contributed by atoms with Gasteiger partial charge in [0.05, 0.1) is 7.11 Å². The lowest BCUT2D eigenvalue weighted by Crippen LogP contribution is -2.43. The van der Waals surface area contributed by atoms with Crippen LogP contribution in [-0.2, 0) is 16.0 Å². The highest BCUT2D eigenvalue weighted by Crippen LogP contribution is 2.13. The van der Waals surface area contributed by atoms with E-state index in [1.807, 2.05) is 6.07 Å². The van der Waals surface area contributed by atoms with Crippen molar-refractivity contribution in [3.8, 4) is 0 Å². The number of hydrogen-bond acceptors (Lipinski definition) is 3. The molecule has 23 heavy (non-hydrogen) atoms. The predicted octanol–water partition coefficient (Wildman–Crippen LogP) is 2.48. The second-order valence-electron chi connectivity index (χ2n) is 4.84. The number of carbonyl (C=O) groups excluding carboxylic acids is 2. The molecule has 0 fully saturated rings. The van der Waals surface area contributed by atoms with Crippen molar-refractivity contribution in [1.82, 2.24) is 5.32 Å². The van der Waals surface area contributed by atoms with E-state index in [1.165, 1.54) is 7.11 Å². The Hall–Kier alpha value is -2.76. The van der Waals surface area contributed by atoms with E-state index in [4.69, 9.17) is 0 Å². The molecule has 2 aromatic carbocycles. The molecule has 0 radical (unpaired) electrons. The summed E-state index contributed by atoms with van der Waals surface area (Å²) >= 11 is 0. The van der Waals surface area contributed by atoms with Crippen molar-refractivity contribution < 1.29 is 23.1 Å². The summed E-state index contributed by atoms with van der Waals surface area (Å²) in [6.07, 6.45) is 0.148. The molecule has 1 unspecified atom stereocenters. The van der Waals surface area contributed by atoms with Gasteiger partial charge in [0.2, 0.25) is 0 Å². The molecule has 1 atom stereocenters. The Kier molecular flexibility index (Phi) is 5.41. The van der Waals surface area contributed by atoms with Crippen LogP contribution < -0.4 is 5.32 Å². The molecule has 0 aliphatic heterocycles. The quantitative estimate of drug-likeness (QED) is 0.862. The zero-order valence-corrected chi connectivity index (χ0v) is 12.4. The first-order valence-corrected chi connectivity index (χ1v) is 6.89. The van der Waals surface area contributed by atoms with Gasteiger partial charge in [0, 0.05) is 6.42 Å². The summed E-state index contributed by atoms with van der Waals surface area (Å²) in [5, 5.41) is 2.32. The van der Waals surface area contributed by atoms with Crippen LogP contribution in [0.3, 0.4) is 0 Å². The van der Waals surface area contributed by atoms with Crippen LogP contribution >= 0.6 is 0 Å². The van der Waals surface area contributed by atoms with Gasteiger partial charge in [0.1, 0.15) is 23.2 Å². The molecule has 0 aliphatic carbocycles. The highest BCUT2D eigenvalue weighted by Gasteiger charge is 2.25. The van der Waals surface area contributed by atoms with Crippen molar-refractivity contribution in [3.63, 3.8) is 0 Å². The number of benzene rings is 2. The third-order valence-corrected chi connectivity index (χ3v) is 3.26. The van der Waals surface area contributed by atoms with Gasteiger partial charge in [-0.3, -0.25) is 4.79 Å². The van der Waals surface area contributed by atoms with Crippen LogP contribution in [0.25, 0.3) is 0 Å². The molecule has 4 nitrogen and oxygen atoms in total. The molecule has 0 bridgehead atoms. The molecule has 1 N–H and O–H groups in total. The SMILES string of the molecule is COC(=O)C(Cc1ccccc1)NC(=O)c1c(F)cccc1F. The summed E-state index contributed by atoms with van der Waals surface area (Å²) in [6, 6.07) is 11.0. The fraction of sp³-hybridized carbons (Fsp3) is 0.176. The lowest BCUT2D eigenvalue weighted by Gasteiger charge is -2.17. The zero-order chi connectivity index (χ0) is 16.8. The molecule has 0 spiro atoms. The first kappa shape index (κ1) is 16.6. The minimum absolute atomic E-state index is 0.148. The number of hydrogen-bond donors (Lipinski definition) is 1. The Morgan fingerprint density at radius 1 is 1.04 bits per heavy atom. The Morgan fingerprint density at radius 3 is 2.22 bits per heavy atom. The number of nitrogens with one attached hydrogen (secondary N) is 1. The Labute approximate surface area is 132 Å². The third-order valence-electron chi connectivity index (χ3n) is 3.26. The topological polar surface area (TPSA) is 55.4 Å². The van der Waals surface area contributed by atoms with E-state index in [2.05, 4.69) is 10.1 Å². The number of rotatable bonds is 5. The summed E-state index contributed by atoms with van der Waals surface area (Å²) in [5.74, 6) is -3.69. The van der Waals surface area contributed by atoms with Gasteiger partial charge in [-0.05, 0) is 17.7 Å². The van der Waals surface area contributed by atoms with Gasteiger partial charge in [-0.15, -0.1) is 0 Å². The average molecular weight is 319 g/mol. The van der Waals surface area contributed by atoms with Gasteiger partial charge in [0.25, 0.3) is 5.91 Å². The average Bonchev–Trinajstić information content (AvgIpc) is 2.54. The number of methoxy groups -OCH3 is 1. The van der Waals surface area contributed by atoms with Crippen molar-refractivity contribution in [2.45, 2.75) is 12.5 Å². The van der Waals surface area contributed by atoms with Crippen molar-refractivity contribution in [3.05, 3.63) is 71.3 Å². The number of halogens is 2. The van der Waals surface area contributed by atoms with Crippen molar-refractivity contribution in [2.75, 3.05) is 7.11 Å². The minimum atomic E-state index is -1.05. The van der Waals surface area contributed by atoms with E-state index in [-0.39, 0.29) is 6.42 Å². The minimum Gasteiger partial charge on any atom is -0.467 e. The monoisotopic (exact) mass is 319 g/mol. The van der Waals surface area contributed by atoms with Crippen LogP contribution in [0.1, 0.15) is 15.9 Å². The largest absolute Gasteiger partial charge is 0.467 e. The summed E-state index contributed by atoms with van der Waals surface area (Å²) in [6.45, 7) is 0. The lowest BCUT2D eigenvalue weighted by molar-refractivity contribution is -0.142. The Balaban J connectivity index is 2.21. The van der Waals surface area contributed by atoms with Crippen LogP contribution in [0, 0.1) is 11.6 Å². The van der Waals surface area contributed by atoms with Crippen LogP contribution in [0.15, 0.2) is 48.5 Å². The normalized spacial score (nSPS) is 11.6. The molecular weight excluding hydrogens is 304 g/mol. The first-order valence-electron chi connectivity index (χ1n) is 6.89. The molecule has 0 saturated carbocycles. The van der Waals surface area contributed by atoms with Crippen LogP contribution in [0.5, 0.6) is 0 Å². The van der Waals surface area contributed by atoms with Gasteiger partial charge < -0.3 is 10.1 Å². The van der Waals surface area contributed by atoms with E-state index in [1.54, 1.807) is 24.3 Å². The first-order chi connectivity index (χ1) is 11.0. The standard InChI is InChI=1S/C17H15F2NO3/c1-23-17(22)14(10-11-6-3-2-4-7-11)20-16(21)15-12(18)8-5-9-13(15)19/h2-9,14H,10H2,1H3,(H,20,21). The fourth-order valence-electron chi connectivity index (χ4n) is 2.13. The summed E-state index contributed by atoms with van der Waals surface area (Å²) in [5.41, 5.74) is 0.0478. The number of amides is 1. The maximum atomic E-state index is 13.6. The molecule has 120 valence electrons. The van der Waals surface area contributed by atoms with E-state index in [0.717, 1.165) is 23.8 Å². The highest BCUT2D eigenvalue weighted by molar-refractivity contribution is 5.97. The second-order valence-corrected chi connectivity index (χ2v) is 4.84. The maximum absolute atomic E-state index is 13.6. The molecule has 2 aromatic rings. The van der Waals surface area contributed by atoms with Gasteiger partial charge in [-0.2, -0.15) is 0 Å². The molecule has 0 aromatic heterocycles. The lowest BCUT2D eigenvalue weighted by atomic mass is 10.1. The smallest absolute Gasteiger partial charge is 0.328 e. The van der Waals surface area contributed by atoms with Gasteiger partial charge in [0.15, 0.2) is 0 Å². The number of ether oxygens (including phenoxy) is 1. The van der Waals surface area contributed by atoms with E-state index >= 15 is 0 Å². The van der Waals surface area contributed by atoms with E-state index in [9.17, 15) is 18.4 Å². The summed E-state index contributed by atoms with van der Waals surface area (Å²) < 4.78 is 31.9. The number of carbonyl (C=O) groups is 2. The molecule has 0 heterocycles. The molecule has 2 rings (SSSR count). The molecule has 0 aliphatic rings. The zero-order valence-electron chi connectivity index (χ0n) is 12.4. The van der Waals surface area contributed by atoms with Crippen molar-refractivity contribution >= 4 is 11.9 Å². The molecule has 0 saturated heterocycles. The van der Waals surface area contributed by atoms with Crippen LogP contribution in [0.2, 0.25) is 0 Å². The molecular formula is C17H15F2NO3. The van der Waals surface area contributed by atoms with Crippen LogP contribution in [-0.4, -0.2) is 25.0 Å².